The summed E-state index contributed by atoms with van der Waals surface area (Å²) in [5.41, 5.74) is 3.28. The average molecular weight is 508 g/mol. The summed E-state index contributed by atoms with van der Waals surface area (Å²) in [4.78, 5) is 29.5. The molecule has 0 fully saturated rings. The quantitative estimate of drug-likeness (QED) is 0.375. The van der Waals surface area contributed by atoms with Crippen LogP contribution in [0.1, 0.15) is 53.7 Å². The molecule has 8 heteroatoms. The van der Waals surface area contributed by atoms with E-state index in [1.807, 2.05) is 74.1 Å². The largest absolute Gasteiger partial charge is 0.383 e. The number of carbonyl (C=O) groups excluding carboxylic acids is 2. The van der Waals surface area contributed by atoms with E-state index in [1.165, 1.54) is 0 Å². The first-order chi connectivity index (χ1) is 18.0. The summed E-state index contributed by atoms with van der Waals surface area (Å²) in [6, 6.07) is 15.0. The highest BCUT2D eigenvalue weighted by atomic mass is 16.7. The summed E-state index contributed by atoms with van der Waals surface area (Å²) >= 11 is 0. The third-order valence-electron chi connectivity index (χ3n) is 6.89. The molecule has 2 heterocycles. The molecule has 4 rings (SSSR count). The lowest BCUT2D eigenvalue weighted by Gasteiger charge is -2.41. The number of amides is 2. The second-order valence-corrected chi connectivity index (χ2v) is 9.13. The molecule has 1 aliphatic heterocycles. The van der Waals surface area contributed by atoms with E-state index in [2.05, 4.69) is 5.32 Å². The number of aryl methyl sites for hydroxylation is 1. The number of methoxy groups -OCH3 is 1. The molecule has 1 aliphatic rings. The predicted octanol–water partition coefficient (Wildman–Crippen LogP) is 4.01. The van der Waals surface area contributed by atoms with Gasteiger partial charge in [-0.25, -0.2) is 0 Å². The van der Waals surface area contributed by atoms with Crippen LogP contribution in [0.2, 0.25) is 0 Å². The second-order valence-electron chi connectivity index (χ2n) is 9.13. The summed E-state index contributed by atoms with van der Waals surface area (Å²) in [7, 11) is 3.60. The van der Waals surface area contributed by atoms with Gasteiger partial charge in [0.05, 0.1) is 18.6 Å². The summed E-state index contributed by atoms with van der Waals surface area (Å²) in [6.07, 6.45) is 2.20. The van der Waals surface area contributed by atoms with E-state index in [-0.39, 0.29) is 18.1 Å². The topological polar surface area (TPSA) is 82.0 Å². The third kappa shape index (κ3) is 5.56. The molecule has 2 amide bonds. The van der Waals surface area contributed by atoms with Gasteiger partial charge in [-0.05, 0) is 31.5 Å². The Labute approximate surface area is 218 Å². The van der Waals surface area contributed by atoms with Crippen molar-refractivity contribution in [1.82, 2.24) is 14.8 Å². The van der Waals surface area contributed by atoms with E-state index in [9.17, 15) is 9.59 Å². The zero-order valence-corrected chi connectivity index (χ0v) is 22.1. The van der Waals surface area contributed by atoms with Gasteiger partial charge in [0.15, 0.2) is 6.29 Å². The van der Waals surface area contributed by atoms with E-state index >= 15 is 0 Å². The van der Waals surface area contributed by atoms with Gasteiger partial charge < -0.3 is 29.0 Å². The van der Waals surface area contributed by atoms with Crippen molar-refractivity contribution in [3.8, 4) is 0 Å². The Hall–Kier alpha value is -3.20. The van der Waals surface area contributed by atoms with Gasteiger partial charge in [-0.3, -0.25) is 9.59 Å². The van der Waals surface area contributed by atoms with Gasteiger partial charge in [0, 0.05) is 75.1 Å². The molecular weight excluding hydrogens is 470 g/mol. The SMILES string of the molecule is CCOC(CCNC(=O)C1c2ccccc2C(=O)N(CCOC)C1c1cn(C)c2ccccc12)OCC. The van der Waals surface area contributed by atoms with Crippen molar-refractivity contribution in [3.05, 3.63) is 71.4 Å². The number of para-hydroxylation sites is 1. The summed E-state index contributed by atoms with van der Waals surface area (Å²) in [5.74, 6) is -0.816. The minimum absolute atomic E-state index is 0.0950. The fourth-order valence-corrected chi connectivity index (χ4v) is 5.27. The van der Waals surface area contributed by atoms with Crippen molar-refractivity contribution in [2.24, 2.45) is 7.05 Å². The maximum absolute atomic E-state index is 13.9. The maximum Gasteiger partial charge on any atom is 0.254 e. The highest BCUT2D eigenvalue weighted by molar-refractivity contribution is 6.02. The predicted molar refractivity (Wildman–Crippen MR) is 142 cm³/mol. The number of hydrogen-bond donors (Lipinski definition) is 1. The molecule has 0 aliphatic carbocycles. The number of ether oxygens (including phenoxy) is 3. The number of benzene rings is 2. The van der Waals surface area contributed by atoms with Crippen LogP contribution >= 0.6 is 0 Å². The summed E-state index contributed by atoms with van der Waals surface area (Å²) in [6.45, 7) is 6.05. The van der Waals surface area contributed by atoms with Crippen LogP contribution in [0.4, 0.5) is 0 Å². The number of hydrogen-bond acceptors (Lipinski definition) is 5. The smallest absolute Gasteiger partial charge is 0.254 e. The molecular formula is C29H37N3O5. The van der Waals surface area contributed by atoms with E-state index in [0.717, 1.165) is 22.0 Å². The van der Waals surface area contributed by atoms with Gasteiger partial charge in [0.2, 0.25) is 5.91 Å². The molecule has 0 bridgehead atoms. The fraction of sp³-hybridized carbons (Fsp3) is 0.448. The van der Waals surface area contributed by atoms with E-state index in [4.69, 9.17) is 14.2 Å². The number of nitrogens with zero attached hydrogens (tertiary/aromatic N) is 2. The number of aromatic nitrogens is 1. The minimum Gasteiger partial charge on any atom is -0.383 e. The van der Waals surface area contributed by atoms with Gasteiger partial charge in [-0.1, -0.05) is 36.4 Å². The van der Waals surface area contributed by atoms with Crippen LogP contribution in [0, 0.1) is 0 Å². The number of rotatable bonds is 12. The molecule has 2 atom stereocenters. The fourth-order valence-electron chi connectivity index (χ4n) is 5.27. The lowest BCUT2D eigenvalue weighted by Crippen LogP contribution is -2.48. The Morgan fingerprint density at radius 1 is 1.03 bits per heavy atom. The highest BCUT2D eigenvalue weighted by Crippen LogP contribution is 2.45. The zero-order chi connectivity index (χ0) is 26.4. The van der Waals surface area contributed by atoms with Crippen LogP contribution in [0.15, 0.2) is 54.7 Å². The molecule has 3 aromatic rings. The summed E-state index contributed by atoms with van der Waals surface area (Å²) in [5, 5.41) is 4.14. The maximum atomic E-state index is 13.9. The normalized spacial score (nSPS) is 17.4. The summed E-state index contributed by atoms with van der Waals surface area (Å²) < 4.78 is 18.7. The molecule has 2 aromatic carbocycles. The van der Waals surface area contributed by atoms with Crippen molar-refractivity contribution in [3.63, 3.8) is 0 Å². The van der Waals surface area contributed by atoms with Crippen LogP contribution in [-0.2, 0) is 26.1 Å². The highest BCUT2D eigenvalue weighted by Gasteiger charge is 2.44. The number of fused-ring (bicyclic) bond motifs is 2. The van der Waals surface area contributed by atoms with Crippen LogP contribution < -0.4 is 5.32 Å². The van der Waals surface area contributed by atoms with Gasteiger partial charge in [0.25, 0.3) is 5.91 Å². The van der Waals surface area contributed by atoms with Crippen molar-refractivity contribution in [2.75, 3.05) is 40.0 Å². The first kappa shape index (κ1) is 26.9. The molecule has 1 aromatic heterocycles. The molecule has 1 N–H and O–H groups in total. The standard InChI is InChI=1S/C29H37N3O5/c1-5-36-25(37-6-2)15-16-30-28(33)26-21-12-7-8-13-22(21)29(34)32(17-18-35-4)27(26)23-19-31(3)24-14-10-9-11-20(23)24/h7-14,19,25-27H,5-6,15-18H2,1-4H3,(H,30,33). The molecule has 198 valence electrons. The van der Waals surface area contributed by atoms with Crippen LogP contribution in [0.5, 0.6) is 0 Å². The van der Waals surface area contributed by atoms with Crippen molar-refractivity contribution >= 4 is 22.7 Å². The molecule has 37 heavy (non-hydrogen) atoms. The van der Waals surface area contributed by atoms with Crippen LogP contribution in [0.25, 0.3) is 10.9 Å². The molecule has 0 saturated heterocycles. The first-order valence-corrected chi connectivity index (χ1v) is 12.9. The number of carbonyl (C=O) groups is 2. The molecule has 0 radical (unpaired) electrons. The van der Waals surface area contributed by atoms with Gasteiger partial charge >= 0.3 is 0 Å². The van der Waals surface area contributed by atoms with Crippen LogP contribution in [0.3, 0.4) is 0 Å². The molecule has 0 spiro atoms. The lowest BCUT2D eigenvalue weighted by molar-refractivity contribution is -0.140. The Balaban J connectivity index is 1.75. The van der Waals surface area contributed by atoms with Crippen molar-refractivity contribution in [1.29, 1.82) is 0 Å². The lowest BCUT2D eigenvalue weighted by atomic mass is 9.79. The monoisotopic (exact) mass is 507 g/mol. The zero-order valence-electron chi connectivity index (χ0n) is 22.1. The first-order valence-electron chi connectivity index (χ1n) is 12.9. The minimum atomic E-state index is -0.589. The number of nitrogens with one attached hydrogen (secondary N) is 1. The van der Waals surface area contributed by atoms with Gasteiger partial charge in [-0.15, -0.1) is 0 Å². The molecule has 0 saturated carbocycles. The average Bonchev–Trinajstić information content (AvgIpc) is 3.24. The molecule has 8 nitrogen and oxygen atoms in total. The Kier molecular flexibility index (Phi) is 8.97. The van der Waals surface area contributed by atoms with E-state index < -0.39 is 12.0 Å². The second kappa shape index (κ2) is 12.4. The third-order valence-corrected chi connectivity index (χ3v) is 6.89. The Morgan fingerprint density at radius 2 is 1.73 bits per heavy atom. The van der Waals surface area contributed by atoms with Crippen molar-refractivity contribution < 1.29 is 23.8 Å². The van der Waals surface area contributed by atoms with Gasteiger partial charge in [0.1, 0.15) is 0 Å². The van der Waals surface area contributed by atoms with Crippen LogP contribution in [-0.4, -0.2) is 67.6 Å². The Morgan fingerprint density at radius 3 is 2.46 bits per heavy atom. The molecule has 2 unspecified atom stereocenters. The van der Waals surface area contributed by atoms with E-state index in [0.29, 0.717) is 44.9 Å². The van der Waals surface area contributed by atoms with E-state index in [1.54, 1.807) is 18.1 Å². The van der Waals surface area contributed by atoms with Crippen molar-refractivity contribution in [2.45, 2.75) is 38.5 Å². The Bertz CT molecular complexity index is 1220. The van der Waals surface area contributed by atoms with Gasteiger partial charge in [-0.2, -0.15) is 0 Å².